The molecule has 1 aliphatic carbocycles. The monoisotopic (exact) mass is 458 g/mol. The lowest BCUT2D eigenvalue weighted by molar-refractivity contribution is 0.209. The number of hydrogen-bond donors (Lipinski definition) is 2. The number of nitrogens with zero attached hydrogens (tertiary/aromatic N) is 2. The van der Waals surface area contributed by atoms with Crippen molar-refractivity contribution in [3.8, 4) is 5.75 Å². The average Bonchev–Trinajstić information content (AvgIpc) is 2.87. The molecule has 180 valence electrons. The Morgan fingerprint density at radius 1 is 0.941 bits per heavy atom. The molecule has 2 aromatic rings. The van der Waals surface area contributed by atoms with Crippen LogP contribution < -0.4 is 4.90 Å². The number of rotatable bonds is 8. The molecule has 4 rings (SSSR count). The van der Waals surface area contributed by atoms with E-state index < -0.39 is 0 Å². The SMILES string of the molecule is CC(C)N1CCN(c2ccc(C(/C(CCCO)=C3\C=CC=CC3)c3cccc(O)c3)cc2)CC1. The van der Waals surface area contributed by atoms with Crippen LogP contribution >= 0.6 is 0 Å². The van der Waals surface area contributed by atoms with Gasteiger partial charge in [-0.2, -0.15) is 0 Å². The van der Waals surface area contributed by atoms with Crippen molar-refractivity contribution in [3.05, 3.63) is 95.1 Å². The molecule has 2 aliphatic rings. The van der Waals surface area contributed by atoms with E-state index in [2.05, 4.69) is 78.3 Å². The summed E-state index contributed by atoms with van der Waals surface area (Å²) in [5.74, 6) is 0.323. The van der Waals surface area contributed by atoms with Gasteiger partial charge in [0, 0.05) is 50.4 Å². The Balaban J connectivity index is 1.67. The van der Waals surface area contributed by atoms with Crippen LogP contribution in [0.1, 0.15) is 50.2 Å². The fourth-order valence-corrected chi connectivity index (χ4v) is 5.18. The second-order valence-corrected chi connectivity index (χ2v) is 9.61. The van der Waals surface area contributed by atoms with Gasteiger partial charge in [0.15, 0.2) is 0 Å². The predicted molar refractivity (Wildman–Crippen MR) is 142 cm³/mol. The van der Waals surface area contributed by atoms with Crippen LogP contribution in [-0.2, 0) is 0 Å². The first-order chi connectivity index (χ1) is 16.6. The minimum absolute atomic E-state index is 0.0386. The van der Waals surface area contributed by atoms with Crippen molar-refractivity contribution in [3.63, 3.8) is 0 Å². The maximum Gasteiger partial charge on any atom is 0.115 e. The number of allylic oxidation sites excluding steroid dienone is 6. The summed E-state index contributed by atoms with van der Waals surface area (Å²) in [6.07, 6.45) is 11.0. The summed E-state index contributed by atoms with van der Waals surface area (Å²) in [6, 6.07) is 17.2. The van der Waals surface area contributed by atoms with E-state index in [1.54, 1.807) is 6.07 Å². The standard InChI is InChI=1S/C30H38N2O2/c1-23(2)31-17-19-32(20-18-31)27-15-13-25(14-16-27)30(26-10-6-11-28(34)22-26)29(12-7-21-33)24-8-4-3-5-9-24/h3-6,8,10-11,13-16,22-23,30,33-34H,7,9,12,17-21H2,1-2H3/b29-24+. The van der Waals surface area contributed by atoms with Crippen molar-refractivity contribution in [1.82, 2.24) is 4.90 Å². The van der Waals surface area contributed by atoms with Crippen LogP contribution in [-0.4, -0.2) is 53.9 Å². The highest BCUT2D eigenvalue weighted by molar-refractivity contribution is 5.53. The number of aliphatic hydroxyl groups excluding tert-OH is 1. The number of phenols is 1. The number of phenolic OH excluding ortho intramolecular Hbond substituents is 1. The number of piperazine rings is 1. The molecule has 0 saturated carbocycles. The molecule has 0 spiro atoms. The van der Waals surface area contributed by atoms with Crippen LogP contribution in [0.5, 0.6) is 5.75 Å². The number of anilines is 1. The van der Waals surface area contributed by atoms with E-state index in [0.717, 1.165) is 51.0 Å². The van der Waals surface area contributed by atoms with Gasteiger partial charge in [0.25, 0.3) is 0 Å². The molecular formula is C30H38N2O2. The van der Waals surface area contributed by atoms with Crippen LogP contribution in [0.15, 0.2) is 84.0 Å². The van der Waals surface area contributed by atoms with Crippen molar-refractivity contribution in [2.24, 2.45) is 0 Å². The summed E-state index contributed by atoms with van der Waals surface area (Å²) in [5.41, 5.74) is 6.20. The molecule has 1 heterocycles. The van der Waals surface area contributed by atoms with Crippen molar-refractivity contribution < 1.29 is 10.2 Å². The van der Waals surface area contributed by atoms with Crippen molar-refractivity contribution in [2.45, 2.75) is 45.1 Å². The normalized spacial score (nSPS) is 19.0. The topological polar surface area (TPSA) is 46.9 Å². The molecule has 1 atom stereocenters. The van der Waals surface area contributed by atoms with Gasteiger partial charge in [-0.05, 0) is 74.1 Å². The molecule has 1 aliphatic heterocycles. The average molecular weight is 459 g/mol. The van der Waals surface area contributed by atoms with Gasteiger partial charge in [-0.3, -0.25) is 4.90 Å². The molecule has 0 amide bonds. The van der Waals surface area contributed by atoms with Crippen LogP contribution in [0.4, 0.5) is 5.69 Å². The molecule has 34 heavy (non-hydrogen) atoms. The molecule has 1 saturated heterocycles. The van der Waals surface area contributed by atoms with Crippen molar-refractivity contribution in [1.29, 1.82) is 0 Å². The van der Waals surface area contributed by atoms with E-state index in [1.165, 1.54) is 22.4 Å². The maximum absolute atomic E-state index is 10.3. The van der Waals surface area contributed by atoms with Crippen LogP contribution in [0, 0.1) is 0 Å². The number of benzene rings is 2. The third-order valence-electron chi connectivity index (χ3n) is 7.09. The largest absolute Gasteiger partial charge is 0.508 e. The lowest BCUT2D eigenvalue weighted by atomic mass is 9.79. The molecule has 0 aromatic heterocycles. The lowest BCUT2D eigenvalue weighted by Crippen LogP contribution is -2.48. The van der Waals surface area contributed by atoms with E-state index in [1.807, 2.05) is 12.1 Å². The minimum atomic E-state index is 0.0386. The molecule has 2 aromatic carbocycles. The zero-order valence-electron chi connectivity index (χ0n) is 20.5. The summed E-state index contributed by atoms with van der Waals surface area (Å²) in [6.45, 7) is 9.01. The number of aliphatic hydroxyl groups is 1. The highest BCUT2D eigenvalue weighted by Gasteiger charge is 2.23. The molecular weight excluding hydrogens is 420 g/mol. The van der Waals surface area contributed by atoms with E-state index in [0.29, 0.717) is 6.04 Å². The highest BCUT2D eigenvalue weighted by Crippen LogP contribution is 2.39. The first-order valence-corrected chi connectivity index (χ1v) is 12.6. The maximum atomic E-state index is 10.3. The van der Waals surface area contributed by atoms with E-state index in [4.69, 9.17) is 0 Å². The molecule has 4 nitrogen and oxygen atoms in total. The van der Waals surface area contributed by atoms with Gasteiger partial charge >= 0.3 is 0 Å². The van der Waals surface area contributed by atoms with Crippen molar-refractivity contribution >= 4 is 5.69 Å². The Labute approximate surface area is 204 Å². The van der Waals surface area contributed by atoms with E-state index in [-0.39, 0.29) is 18.3 Å². The number of aromatic hydroxyl groups is 1. The summed E-state index contributed by atoms with van der Waals surface area (Å²) >= 11 is 0. The molecule has 1 unspecified atom stereocenters. The van der Waals surface area contributed by atoms with E-state index >= 15 is 0 Å². The minimum Gasteiger partial charge on any atom is -0.508 e. The first-order valence-electron chi connectivity index (χ1n) is 12.6. The molecule has 4 heteroatoms. The van der Waals surface area contributed by atoms with Gasteiger partial charge in [-0.1, -0.05) is 54.1 Å². The lowest BCUT2D eigenvalue weighted by Gasteiger charge is -2.38. The van der Waals surface area contributed by atoms with Gasteiger partial charge in [0.05, 0.1) is 0 Å². The summed E-state index contributed by atoms with van der Waals surface area (Å²) in [5, 5.41) is 19.9. The second-order valence-electron chi connectivity index (χ2n) is 9.61. The predicted octanol–water partition coefficient (Wildman–Crippen LogP) is 5.64. The van der Waals surface area contributed by atoms with Gasteiger partial charge in [-0.25, -0.2) is 0 Å². The fourth-order valence-electron chi connectivity index (χ4n) is 5.18. The quantitative estimate of drug-likeness (QED) is 0.537. The third-order valence-corrected chi connectivity index (χ3v) is 7.09. The van der Waals surface area contributed by atoms with Crippen LogP contribution in [0.3, 0.4) is 0 Å². The Morgan fingerprint density at radius 2 is 1.71 bits per heavy atom. The highest BCUT2D eigenvalue weighted by atomic mass is 16.3. The Kier molecular flexibility index (Phi) is 8.25. The Bertz CT molecular complexity index is 1030. The Morgan fingerprint density at radius 3 is 2.32 bits per heavy atom. The van der Waals surface area contributed by atoms with Crippen LogP contribution in [0.25, 0.3) is 0 Å². The molecule has 2 N–H and O–H groups in total. The molecule has 0 bridgehead atoms. The smallest absolute Gasteiger partial charge is 0.115 e. The number of hydrogen-bond acceptors (Lipinski definition) is 4. The molecule has 0 radical (unpaired) electrons. The Hall–Kier alpha value is -2.82. The van der Waals surface area contributed by atoms with Crippen LogP contribution in [0.2, 0.25) is 0 Å². The summed E-state index contributed by atoms with van der Waals surface area (Å²) in [4.78, 5) is 5.01. The fraction of sp³-hybridized carbons (Fsp3) is 0.400. The van der Waals surface area contributed by atoms with Gasteiger partial charge in [0.1, 0.15) is 5.75 Å². The zero-order valence-corrected chi connectivity index (χ0v) is 20.5. The summed E-state index contributed by atoms with van der Waals surface area (Å²) in [7, 11) is 0. The van der Waals surface area contributed by atoms with Crippen molar-refractivity contribution in [2.75, 3.05) is 37.7 Å². The first kappa shape index (κ1) is 24.3. The van der Waals surface area contributed by atoms with Gasteiger partial charge < -0.3 is 15.1 Å². The van der Waals surface area contributed by atoms with E-state index in [9.17, 15) is 10.2 Å². The van der Waals surface area contributed by atoms with Gasteiger partial charge in [0.2, 0.25) is 0 Å². The molecule has 1 fully saturated rings. The summed E-state index contributed by atoms with van der Waals surface area (Å²) < 4.78 is 0. The van der Waals surface area contributed by atoms with Gasteiger partial charge in [-0.15, -0.1) is 0 Å². The third kappa shape index (κ3) is 5.81. The zero-order chi connectivity index (χ0) is 23.9. The second kappa shape index (κ2) is 11.5.